The zero-order chi connectivity index (χ0) is 15.3. The Morgan fingerprint density at radius 1 is 1.57 bits per heavy atom. The number of carbonyl (C=O) groups excluding carboxylic acids is 1. The molecule has 1 aliphatic heterocycles. The van der Waals surface area contributed by atoms with Crippen molar-refractivity contribution < 1.29 is 15.0 Å². The number of aromatic nitrogens is 1. The highest BCUT2D eigenvalue weighted by molar-refractivity contribution is 5.93. The number of hydrogen-bond donors (Lipinski definition) is 3. The number of nitrogens with one attached hydrogen (secondary N) is 1. The van der Waals surface area contributed by atoms with Crippen LogP contribution >= 0.6 is 0 Å². The SMILES string of the molecule is CCC1(O)CCCN(c2ccnc(C(=O)NCCO)c2)C1. The van der Waals surface area contributed by atoms with E-state index in [9.17, 15) is 9.90 Å². The first-order chi connectivity index (χ1) is 10.1. The number of hydrogen-bond acceptors (Lipinski definition) is 5. The second-order valence-electron chi connectivity index (χ2n) is 5.48. The van der Waals surface area contributed by atoms with Crippen LogP contribution in [0, 0.1) is 0 Å². The van der Waals surface area contributed by atoms with Crippen molar-refractivity contribution in [1.82, 2.24) is 10.3 Å². The van der Waals surface area contributed by atoms with Crippen LogP contribution in [0.3, 0.4) is 0 Å². The van der Waals surface area contributed by atoms with Gasteiger partial charge in [-0.3, -0.25) is 9.78 Å². The number of carbonyl (C=O) groups is 1. The fraction of sp³-hybridized carbons (Fsp3) is 0.600. The normalized spacial score (nSPS) is 22.1. The molecule has 1 unspecified atom stereocenters. The van der Waals surface area contributed by atoms with Crippen LogP contribution in [0.5, 0.6) is 0 Å². The summed E-state index contributed by atoms with van der Waals surface area (Å²) < 4.78 is 0. The lowest BCUT2D eigenvalue weighted by Gasteiger charge is -2.40. The topological polar surface area (TPSA) is 85.7 Å². The molecule has 1 fully saturated rings. The number of aliphatic hydroxyl groups is 2. The number of amides is 1. The molecule has 1 aromatic rings. The quantitative estimate of drug-likeness (QED) is 0.738. The van der Waals surface area contributed by atoms with E-state index in [0.717, 1.165) is 31.5 Å². The maximum atomic E-state index is 11.9. The fourth-order valence-electron chi connectivity index (χ4n) is 2.62. The number of β-amino-alcohol motifs (C(OH)–C–C–N with tert-alkyl or cyclic N) is 1. The van der Waals surface area contributed by atoms with Gasteiger partial charge in [-0.25, -0.2) is 0 Å². The van der Waals surface area contributed by atoms with Gasteiger partial charge in [0.25, 0.3) is 5.91 Å². The van der Waals surface area contributed by atoms with Crippen LogP contribution in [0.1, 0.15) is 36.7 Å². The molecule has 2 rings (SSSR count). The van der Waals surface area contributed by atoms with Gasteiger partial charge in [0.1, 0.15) is 5.69 Å². The Morgan fingerprint density at radius 2 is 2.38 bits per heavy atom. The van der Waals surface area contributed by atoms with Crippen molar-refractivity contribution in [3.8, 4) is 0 Å². The molecule has 1 aromatic heterocycles. The Bertz CT molecular complexity index is 495. The van der Waals surface area contributed by atoms with Crippen LogP contribution in [-0.2, 0) is 0 Å². The van der Waals surface area contributed by atoms with Crippen molar-refractivity contribution in [2.45, 2.75) is 31.8 Å². The molecule has 1 saturated heterocycles. The maximum absolute atomic E-state index is 11.9. The molecule has 6 heteroatoms. The summed E-state index contributed by atoms with van der Waals surface area (Å²) in [6, 6.07) is 3.58. The van der Waals surface area contributed by atoms with Gasteiger partial charge in [0.2, 0.25) is 0 Å². The summed E-state index contributed by atoms with van der Waals surface area (Å²) in [5, 5.41) is 21.8. The van der Waals surface area contributed by atoms with E-state index in [4.69, 9.17) is 5.11 Å². The molecule has 0 spiro atoms. The molecule has 21 heavy (non-hydrogen) atoms. The molecular weight excluding hydrogens is 270 g/mol. The Balaban J connectivity index is 2.11. The lowest BCUT2D eigenvalue weighted by atomic mass is 9.90. The summed E-state index contributed by atoms with van der Waals surface area (Å²) in [5.74, 6) is -0.298. The Morgan fingerprint density at radius 3 is 3.10 bits per heavy atom. The predicted molar refractivity (Wildman–Crippen MR) is 80.3 cm³/mol. The van der Waals surface area contributed by atoms with E-state index < -0.39 is 5.60 Å². The molecule has 2 heterocycles. The third kappa shape index (κ3) is 3.92. The third-order valence-corrected chi connectivity index (χ3v) is 3.95. The van der Waals surface area contributed by atoms with E-state index in [0.29, 0.717) is 12.2 Å². The minimum atomic E-state index is -0.652. The van der Waals surface area contributed by atoms with Crippen molar-refractivity contribution in [2.75, 3.05) is 31.1 Å². The molecule has 0 saturated carbocycles. The van der Waals surface area contributed by atoms with Gasteiger partial charge < -0.3 is 20.4 Å². The first-order valence-electron chi connectivity index (χ1n) is 7.40. The summed E-state index contributed by atoms with van der Waals surface area (Å²) in [5.41, 5.74) is 0.568. The van der Waals surface area contributed by atoms with Crippen molar-refractivity contribution >= 4 is 11.6 Å². The van der Waals surface area contributed by atoms with Gasteiger partial charge in [-0.1, -0.05) is 6.92 Å². The molecule has 1 aliphatic rings. The van der Waals surface area contributed by atoms with Gasteiger partial charge in [-0.05, 0) is 31.4 Å². The highest BCUT2D eigenvalue weighted by atomic mass is 16.3. The van der Waals surface area contributed by atoms with E-state index in [1.165, 1.54) is 0 Å². The molecule has 0 aliphatic carbocycles. The van der Waals surface area contributed by atoms with E-state index in [2.05, 4.69) is 15.2 Å². The molecule has 1 atom stereocenters. The van der Waals surface area contributed by atoms with E-state index >= 15 is 0 Å². The summed E-state index contributed by atoms with van der Waals surface area (Å²) in [7, 11) is 0. The molecular formula is C15H23N3O3. The van der Waals surface area contributed by atoms with Crippen LogP contribution in [0.4, 0.5) is 5.69 Å². The highest BCUT2D eigenvalue weighted by Gasteiger charge is 2.31. The summed E-state index contributed by atoms with van der Waals surface area (Å²) >= 11 is 0. The lowest BCUT2D eigenvalue weighted by molar-refractivity contribution is 0.0223. The molecule has 0 bridgehead atoms. The van der Waals surface area contributed by atoms with Crippen LogP contribution in [0.2, 0.25) is 0 Å². The molecule has 0 aromatic carbocycles. The highest BCUT2D eigenvalue weighted by Crippen LogP contribution is 2.28. The number of piperidine rings is 1. The molecule has 1 amide bonds. The summed E-state index contributed by atoms with van der Waals surface area (Å²) in [6.45, 7) is 3.55. The van der Waals surface area contributed by atoms with Gasteiger partial charge in [0.15, 0.2) is 0 Å². The van der Waals surface area contributed by atoms with Gasteiger partial charge in [-0.2, -0.15) is 0 Å². The second kappa shape index (κ2) is 6.87. The predicted octanol–water partition coefficient (Wildman–Crippen LogP) is 0.545. The van der Waals surface area contributed by atoms with Crippen molar-refractivity contribution in [1.29, 1.82) is 0 Å². The van der Waals surface area contributed by atoms with Crippen LogP contribution in [0.15, 0.2) is 18.3 Å². The van der Waals surface area contributed by atoms with E-state index in [-0.39, 0.29) is 19.1 Å². The smallest absolute Gasteiger partial charge is 0.270 e. The van der Waals surface area contributed by atoms with Gasteiger partial charge in [0.05, 0.1) is 12.2 Å². The number of nitrogens with zero attached hydrogens (tertiary/aromatic N) is 2. The average Bonchev–Trinajstić information content (AvgIpc) is 2.53. The van der Waals surface area contributed by atoms with Gasteiger partial charge >= 0.3 is 0 Å². The second-order valence-corrected chi connectivity index (χ2v) is 5.48. The van der Waals surface area contributed by atoms with Crippen LogP contribution in [0.25, 0.3) is 0 Å². The zero-order valence-electron chi connectivity index (χ0n) is 12.4. The van der Waals surface area contributed by atoms with Gasteiger partial charge in [-0.15, -0.1) is 0 Å². The van der Waals surface area contributed by atoms with E-state index in [1.807, 2.05) is 13.0 Å². The Hall–Kier alpha value is -1.66. The van der Waals surface area contributed by atoms with Crippen LogP contribution < -0.4 is 10.2 Å². The Labute approximate surface area is 124 Å². The first kappa shape index (κ1) is 15.7. The average molecular weight is 293 g/mol. The minimum absolute atomic E-state index is 0.0961. The molecule has 0 radical (unpaired) electrons. The third-order valence-electron chi connectivity index (χ3n) is 3.95. The summed E-state index contributed by atoms with van der Waals surface area (Å²) in [6.07, 6.45) is 4.06. The molecule has 6 nitrogen and oxygen atoms in total. The largest absolute Gasteiger partial charge is 0.395 e. The maximum Gasteiger partial charge on any atom is 0.270 e. The lowest BCUT2D eigenvalue weighted by Crippen LogP contribution is -2.47. The monoisotopic (exact) mass is 293 g/mol. The van der Waals surface area contributed by atoms with E-state index in [1.54, 1.807) is 12.3 Å². The molecule has 116 valence electrons. The standard InChI is InChI=1S/C15H23N3O3/c1-2-15(21)5-3-8-18(11-15)12-4-6-16-13(10-12)14(20)17-7-9-19/h4,6,10,19,21H,2-3,5,7-9,11H2,1H3,(H,17,20). The minimum Gasteiger partial charge on any atom is -0.395 e. The fourth-order valence-corrected chi connectivity index (χ4v) is 2.62. The van der Waals surface area contributed by atoms with Crippen molar-refractivity contribution in [2.24, 2.45) is 0 Å². The zero-order valence-corrected chi connectivity index (χ0v) is 12.4. The van der Waals surface area contributed by atoms with Gasteiger partial charge in [0, 0.05) is 31.5 Å². The van der Waals surface area contributed by atoms with Crippen molar-refractivity contribution in [3.05, 3.63) is 24.0 Å². The number of anilines is 1. The summed E-state index contributed by atoms with van der Waals surface area (Å²) in [4.78, 5) is 18.0. The molecule has 3 N–H and O–H groups in total. The number of aliphatic hydroxyl groups excluding tert-OH is 1. The first-order valence-corrected chi connectivity index (χ1v) is 7.40. The number of pyridine rings is 1. The van der Waals surface area contributed by atoms with Crippen molar-refractivity contribution in [3.63, 3.8) is 0 Å². The Kier molecular flexibility index (Phi) is 5.14. The van der Waals surface area contributed by atoms with Crippen LogP contribution in [-0.4, -0.2) is 52.9 Å². The number of rotatable bonds is 5.